The fraction of sp³-hybridized carbons (Fsp3) is 0.387. The first-order valence-electron chi connectivity index (χ1n) is 14.4. The van der Waals surface area contributed by atoms with Gasteiger partial charge >= 0.3 is 0 Å². The Labute approximate surface area is 246 Å². The van der Waals surface area contributed by atoms with Gasteiger partial charge in [-0.05, 0) is 61.9 Å². The number of thiazole rings is 1. The molecule has 0 unspecified atom stereocenters. The number of hydrogen-bond donors (Lipinski definition) is 4. The fourth-order valence-electron chi connectivity index (χ4n) is 6.11. The maximum absolute atomic E-state index is 13.9. The number of amides is 3. The van der Waals surface area contributed by atoms with Crippen LogP contribution >= 0.6 is 11.3 Å². The van der Waals surface area contributed by atoms with Crippen molar-refractivity contribution < 1.29 is 23.9 Å². The van der Waals surface area contributed by atoms with Gasteiger partial charge in [0.05, 0.1) is 23.4 Å². The highest BCUT2D eigenvalue weighted by Crippen LogP contribution is 2.30. The number of methoxy groups -OCH3 is 1. The molecular formula is C31H33N5O5S. The number of ketones is 1. The number of nitrogens with one attached hydrogen (secondary N) is 4. The molecule has 3 atom stereocenters. The summed E-state index contributed by atoms with van der Waals surface area (Å²) in [5.41, 5.74) is 1.77. The predicted molar refractivity (Wildman–Crippen MR) is 160 cm³/mol. The van der Waals surface area contributed by atoms with Gasteiger partial charge in [-0.3, -0.25) is 19.2 Å². The summed E-state index contributed by atoms with van der Waals surface area (Å²) in [5.74, 6) is -1.12. The summed E-state index contributed by atoms with van der Waals surface area (Å²) in [6.45, 7) is 0.537. The highest BCUT2D eigenvalue weighted by Gasteiger charge is 2.37. The molecule has 3 amide bonds. The number of aromatic nitrogens is 2. The number of Topliss-reactive ketones (excluding diaryl/α,β-unsaturated/α-hetero) is 1. The highest BCUT2D eigenvalue weighted by molar-refractivity contribution is 7.20. The van der Waals surface area contributed by atoms with Gasteiger partial charge in [0.2, 0.25) is 17.6 Å². The molecule has 11 heteroatoms. The van der Waals surface area contributed by atoms with Crippen LogP contribution in [0.1, 0.15) is 58.8 Å². The zero-order valence-electron chi connectivity index (χ0n) is 23.3. The van der Waals surface area contributed by atoms with Crippen LogP contribution in [-0.4, -0.2) is 59.2 Å². The zero-order chi connectivity index (χ0) is 29.2. The third-order valence-electron chi connectivity index (χ3n) is 8.35. The topological polar surface area (TPSA) is 142 Å². The Morgan fingerprint density at radius 3 is 2.62 bits per heavy atom. The van der Waals surface area contributed by atoms with E-state index >= 15 is 0 Å². The molecule has 3 heterocycles. The fourth-order valence-corrected chi connectivity index (χ4v) is 7.07. The molecule has 4 N–H and O–H groups in total. The summed E-state index contributed by atoms with van der Waals surface area (Å²) in [6, 6.07) is 12.9. The second kappa shape index (κ2) is 11.9. The Hall–Kier alpha value is -4.25. The van der Waals surface area contributed by atoms with Crippen LogP contribution in [0.5, 0.6) is 5.75 Å². The van der Waals surface area contributed by atoms with Crippen molar-refractivity contribution >= 4 is 56.0 Å². The quantitative estimate of drug-likeness (QED) is 0.207. The maximum atomic E-state index is 13.9. The van der Waals surface area contributed by atoms with Gasteiger partial charge in [-0.15, -0.1) is 11.3 Å². The first-order chi connectivity index (χ1) is 20.4. The molecule has 0 bridgehead atoms. The lowest BCUT2D eigenvalue weighted by atomic mass is 9.93. The second-order valence-corrected chi connectivity index (χ2v) is 12.1. The molecule has 1 saturated heterocycles. The molecule has 0 radical (unpaired) electrons. The molecule has 2 aliphatic rings. The number of nitrogens with zero attached hydrogens (tertiary/aromatic N) is 1. The zero-order valence-corrected chi connectivity index (χ0v) is 24.1. The van der Waals surface area contributed by atoms with Crippen molar-refractivity contribution in [3.63, 3.8) is 0 Å². The number of carbonyl (C=O) groups excluding carboxylic acids is 4. The minimum Gasteiger partial charge on any atom is -0.496 e. The largest absolute Gasteiger partial charge is 0.496 e. The summed E-state index contributed by atoms with van der Waals surface area (Å²) in [5, 5.41) is 9.76. The molecule has 10 nitrogen and oxygen atoms in total. The van der Waals surface area contributed by atoms with Crippen molar-refractivity contribution in [3.05, 3.63) is 59.2 Å². The Morgan fingerprint density at radius 2 is 1.88 bits per heavy atom. The number of fused-ring (bicyclic) bond motifs is 2. The van der Waals surface area contributed by atoms with E-state index in [1.807, 2.05) is 42.5 Å². The van der Waals surface area contributed by atoms with Gasteiger partial charge in [0.1, 0.15) is 17.5 Å². The lowest BCUT2D eigenvalue weighted by Crippen LogP contribution is -2.54. The van der Waals surface area contributed by atoms with E-state index in [1.54, 1.807) is 13.2 Å². The van der Waals surface area contributed by atoms with Gasteiger partial charge in [-0.25, -0.2) is 4.98 Å². The van der Waals surface area contributed by atoms with Crippen LogP contribution in [-0.2, 0) is 9.59 Å². The van der Waals surface area contributed by atoms with Gasteiger partial charge < -0.3 is 25.7 Å². The summed E-state index contributed by atoms with van der Waals surface area (Å²) in [4.78, 5) is 61.2. The molecule has 6 rings (SSSR count). The van der Waals surface area contributed by atoms with Crippen LogP contribution in [0.25, 0.3) is 21.1 Å². The van der Waals surface area contributed by atoms with E-state index in [2.05, 4.69) is 25.9 Å². The number of carbonyl (C=O) groups is 4. The second-order valence-electron chi connectivity index (χ2n) is 11.0. The summed E-state index contributed by atoms with van der Waals surface area (Å²) >= 11 is 1.27. The Bertz CT molecular complexity index is 1620. The van der Waals surface area contributed by atoms with Crippen LogP contribution in [0.4, 0.5) is 0 Å². The van der Waals surface area contributed by atoms with Crippen LogP contribution in [0.15, 0.2) is 48.5 Å². The molecule has 2 aromatic carbocycles. The molecule has 0 spiro atoms. The smallest absolute Gasteiger partial charge is 0.268 e. The van der Waals surface area contributed by atoms with E-state index in [1.165, 1.54) is 11.3 Å². The Kier molecular flexibility index (Phi) is 7.92. The standard InChI is InChI=1S/C31H33N5O5S/c1-41-24-11-6-10-20-19(24)16-23(33-20)29(39)36-26(17-7-2-3-8-17)30(40)34-22(15-18-13-14-32-28(18)38)27(37)31-35-21-9-4-5-12-25(21)42-31/h4-6,9-12,16-18,22,26,33H,2-3,7-8,13-15H2,1H3,(H,32,38)(H,34,40)(H,36,39)/t18-,22-,26-/m0/s1. The van der Waals surface area contributed by atoms with Gasteiger partial charge in [0.15, 0.2) is 5.01 Å². The number of hydrogen-bond acceptors (Lipinski definition) is 7. The van der Waals surface area contributed by atoms with Gasteiger partial charge in [0, 0.05) is 23.4 Å². The minimum atomic E-state index is -0.954. The summed E-state index contributed by atoms with van der Waals surface area (Å²) < 4.78 is 6.30. The molecule has 1 aliphatic carbocycles. The first kappa shape index (κ1) is 27.9. The van der Waals surface area contributed by atoms with Gasteiger partial charge in [-0.1, -0.05) is 31.0 Å². The lowest BCUT2D eigenvalue weighted by molar-refractivity contribution is -0.126. The van der Waals surface area contributed by atoms with Crippen LogP contribution in [0.3, 0.4) is 0 Å². The van der Waals surface area contributed by atoms with Crippen molar-refractivity contribution in [2.75, 3.05) is 13.7 Å². The van der Waals surface area contributed by atoms with Crippen molar-refractivity contribution in [1.82, 2.24) is 25.9 Å². The average Bonchev–Trinajstić information content (AvgIpc) is 3.81. The van der Waals surface area contributed by atoms with Crippen molar-refractivity contribution in [2.24, 2.45) is 11.8 Å². The van der Waals surface area contributed by atoms with E-state index in [4.69, 9.17) is 4.74 Å². The van der Waals surface area contributed by atoms with E-state index in [-0.39, 0.29) is 29.0 Å². The van der Waals surface area contributed by atoms with Crippen molar-refractivity contribution in [1.29, 1.82) is 0 Å². The molecule has 1 saturated carbocycles. The Balaban J connectivity index is 1.25. The SMILES string of the molecule is COc1cccc2[nH]c(C(=O)N[C@H](C(=O)N[C@@H](C[C@@H]3CCNC3=O)C(=O)c3nc4ccccc4s3)C3CCCC3)cc12. The van der Waals surface area contributed by atoms with Crippen LogP contribution < -0.4 is 20.7 Å². The molecule has 1 aliphatic heterocycles. The molecule has 2 fully saturated rings. The third-order valence-corrected chi connectivity index (χ3v) is 9.40. The lowest BCUT2D eigenvalue weighted by Gasteiger charge is -2.27. The number of aromatic amines is 1. The summed E-state index contributed by atoms with van der Waals surface area (Å²) in [6.07, 6.45) is 4.26. The maximum Gasteiger partial charge on any atom is 0.268 e. The molecule has 2 aromatic heterocycles. The highest BCUT2D eigenvalue weighted by atomic mass is 32.1. The van der Waals surface area contributed by atoms with Crippen LogP contribution in [0, 0.1) is 11.8 Å². The van der Waals surface area contributed by atoms with E-state index in [0.717, 1.165) is 41.3 Å². The summed E-state index contributed by atoms with van der Waals surface area (Å²) in [7, 11) is 1.57. The molecule has 42 heavy (non-hydrogen) atoms. The monoisotopic (exact) mass is 587 g/mol. The molecule has 4 aromatic rings. The number of ether oxygens (including phenoxy) is 1. The molecule has 218 valence electrons. The number of rotatable bonds is 10. The van der Waals surface area contributed by atoms with E-state index in [0.29, 0.717) is 29.9 Å². The van der Waals surface area contributed by atoms with Crippen molar-refractivity contribution in [3.8, 4) is 5.75 Å². The van der Waals surface area contributed by atoms with Gasteiger partial charge in [0.25, 0.3) is 5.91 Å². The minimum absolute atomic E-state index is 0.0687. The van der Waals surface area contributed by atoms with Crippen LogP contribution in [0.2, 0.25) is 0 Å². The van der Waals surface area contributed by atoms with Gasteiger partial charge in [-0.2, -0.15) is 0 Å². The first-order valence-corrected chi connectivity index (χ1v) is 15.2. The molecular weight excluding hydrogens is 554 g/mol. The van der Waals surface area contributed by atoms with Crippen molar-refractivity contribution in [2.45, 2.75) is 50.6 Å². The normalized spacial score (nSPS) is 18.6. The number of H-pyrrole nitrogens is 1. The number of benzene rings is 2. The van der Waals surface area contributed by atoms with E-state index in [9.17, 15) is 19.2 Å². The number of para-hydroxylation sites is 1. The Morgan fingerprint density at radius 1 is 1.07 bits per heavy atom. The predicted octanol–water partition coefficient (Wildman–Crippen LogP) is 3.97. The van der Waals surface area contributed by atoms with E-state index < -0.39 is 29.8 Å². The third kappa shape index (κ3) is 5.61. The average molecular weight is 588 g/mol.